The molecule has 0 fully saturated rings. The van der Waals surface area contributed by atoms with Crippen molar-refractivity contribution in [2.75, 3.05) is 14.2 Å². The van der Waals surface area contributed by atoms with Gasteiger partial charge < -0.3 is 14.8 Å². The van der Waals surface area contributed by atoms with Crippen LogP contribution < -0.4 is 14.8 Å². The lowest BCUT2D eigenvalue weighted by atomic mass is 10.1. The van der Waals surface area contributed by atoms with E-state index in [1.807, 2.05) is 31.2 Å². The molecule has 1 heterocycles. The van der Waals surface area contributed by atoms with Gasteiger partial charge in [0.25, 0.3) is 0 Å². The molecule has 0 bridgehead atoms. The SMILES string of the molecule is COc1ccc(-c2ccc(CNC(C)C)c(C)n2)c(OC)c1. The van der Waals surface area contributed by atoms with Crippen LogP contribution in [0, 0.1) is 6.92 Å². The van der Waals surface area contributed by atoms with Crippen molar-refractivity contribution < 1.29 is 9.47 Å². The maximum Gasteiger partial charge on any atom is 0.131 e. The molecular weight excluding hydrogens is 276 g/mol. The molecule has 2 aromatic rings. The highest BCUT2D eigenvalue weighted by Crippen LogP contribution is 2.32. The van der Waals surface area contributed by atoms with Crippen LogP contribution in [-0.2, 0) is 6.54 Å². The molecule has 0 aliphatic heterocycles. The second kappa shape index (κ2) is 7.27. The molecular formula is C18H24N2O2. The van der Waals surface area contributed by atoms with Crippen LogP contribution in [0.15, 0.2) is 30.3 Å². The second-order valence-corrected chi connectivity index (χ2v) is 5.54. The van der Waals surface area contributed by atoms with E-state index in [0.29, 0.717) is 6.04 Å². The lowest BCUT2D eigenvalue weighted by Gasteiger charge is -2.13. The molecule has 1 aromatic carbocycles. The first-order chi connectivity index (χ1) is 10.5. The number of aromatic nitrogens is 1. The van der Waals surface area contributed by atoms with Crippen molar-refractivity contribution in [2.24, 2.45) is 0 Å². The minimum absolute atomic E-state index is 0.459. The van der Waals surface area contributed by atoms with Crippen molar-refractivity contribution >= 4 is 0 Å². The summed E-state index contributed by atoms with van der Waals surface area (Å²) in [7, 11) is 3.30. The first-order valence-electron chi connectivity index (χ1n) is 7.47. The van der Waals surface area contributed by atoms with Crippen molar-refractivity contribution in [1.29, 1.82) is 0 Å². The summed E-state index contributed by atoms with van der Waals surface area (Å²) in [6, 6.07) is 10.4. The average Bonchev–Trinajstić information content (AvgIpc) is 2.52. The number of methoxy groups -OCH3 is 2. The molecule has 0 radical (unpaired) electrons. The zero-order chi connectivity index (χ0) is 16.1. The Morgan fingerprint density at radius 1 is 1.09 bits per heavy atom. The van der Waals surface area contributed by atoms with Crippen LogP contribution in [0.3, 0.4) is 0 Å². The fourth-order valence-electron chi connectivity index (χ4n) is 2.25. The van der Waals surface area contributed by atoms with Crippen molar-refractivity contribution in [3.63, 3.8) is 0 Å². The molecule has 0 aliphatic carbocycles. The van der Waals surface area contributed by atoms with E-state index >= 15 is 0 Å². The Bertz CT molecular complexity index is 639. The van der Waals surface area contributed by atoms with Crippen molar-refractivity contribution in [1.82, 2.24) is 10.3 Å². The highest BCUT2D eigenvalue weighted by molar-refractivity contribution is 5.68. The standard InChI is InChI=1S/C18H24N2O2/c1-12(2)19-11-14-6-9-17(20-13(14)3)16-8-7-15(21-4)10-18(16)22-5/h6-10,12,19H,11H2,1-5H3. The zero-order valence-corrected chi connectivity index (χ0v) is 13.9. The van der Waals surface area contributed by atoms with Crippen LogP contribution in [0.5, 0.6) is 11.5 Å². The number of ether oxygens (including phenoxy) is 2. The van der Waals surface area contributed by atoms with Crippen molar-refractivity contribution in [3.05, 3.63) is 41.6 Å². The molecule has 1 N–H and O–H groups in total. The van der Waals surface area contributed by atoms with Crippen LogP contribution in [-0.4, -0.2) is 25.2 Å². The normalized spacial score (nSPS) is 10.8. The van der Waals surface area contributed by atoms with Gasteiger partial charge in [-0.15, -0.1) is 0 Å². The Kier molecular flexibility index (Phi) is 5.39. The molecule has 0 atom stereocenters. The second-order valence-electron chi connectivity index (χ2n) is 5.54. The summed E-state index contributed by atoms with van der Waals surface area (Å²) in [5.41, 5.74) is 4.12. The van der Waals surface area contributed by atoms with Crippen LogP contribution in [0.2, 0.25) is 0 Å². The summed E-state index contributed by atoms with van der Waals surface area (Å²) in [6.45, 7) is 7.14. The lowest BCUT2D eigenvalue weighted by Crippen LogP contribution is -2.22. The van der Waals surface area contributed by atoms with E-state index in [0.717, 1.165) is 35.0 Å². The molecule has 0 amide bonds. The number of hydrogen-bond acceptors (Lipinski definition) is 4. The van der Waals surface area contributed by atoms with Gasteiger partial charge in [-0.2, -0.15) is 0 Å². The predicted molar refractivity (Wildman–Crippen MR) is 89.5 cm³/mol. The third-order valence-corrected chi connectivity index (χ3v) is 3.58. The maximum atomic E-state index is 5.46. The van der Waals surface area contributed by atoms with Crippen LogP contribution in [0.4, 0.5) is 0 Å². The Morgan fingerprint density at radius 2 is 1.86 bits per heavy atom. The Morgan fingerprint density at radius 3 is 2.45 bits per heavy atom. The number of pyridine rings is 1. The Hall–Kier alpha value is -2.07. The average molecular weight is 300 g/mol. The number of benzene rings is 1. The Balaban J connectivity index is 2.31. The van der Waals surface area contributed by atoms with Crippen molar-refractivity contribution in [3.8, 4) is 22.8 Å². The topological polar surface area (TPSA) is 43.4 Å². The number of rotatable bonds is 6. The smallest absolute Gasteiger partial charge is 0.131 e. The molecule has 0 aliphatic rings. The van der Waals surface area contributed by atoms with Crippen molar-refractivity contribution in [2.45, 2.75) is 33.4 Å². The van der Waals surface area contributed by atoms with E-state index in [1.165, 1.54) is 5.56 Å². The molecule has 118 valence electrons. The summed E-state index contributed by atoms with van der Waals surface area (Å²) >= 11 is 0. The minimum atomic E-state index is 0.459. The van der Waals surface area contributed by atoms with Crippen LogP contribution in [0.25, 0.3) is 11.3 Å². The van der Waals surface area contributed by atoms with Gasteiger partial charge in [0.1, 0.15) is 11.5 Å². The third kappa shape index (κ3) is 3.77. The molecule has 0 spiro atoms. The zero-order valence-electron chi connectivity index (χ0n) is 13.9. The van der Waals surface area contributed by atoms with E-state index in [9.17, 15) is 0 Å². The summed E-state index contributed by atoms with van der Waals surface area (Å²) in [5, 5.41) is 3.42. The van der Waals surface area contributed by atoms with Gasteiger partial charge in [0.2, 0.25) is 0 Å². The molecule has 1 aromatic heterocycles. The van der Waals surface area contributed by atoms with E-state index in [4.69, 9.17) is 14.5 Å². The summed E-state index contributed by atoms with van der Waals surface area (Å²) in [5.74, 6) is 1.54. The van der Waals surface area contributed by atoms with Gasteiger partial charge in [-0.3, -0.25) is 4.98 Å². The molecule has 22 heavy (non-hydrogen) atoms. The first-order valence-corrected chi connectivity index (χ1v) is 7.47. The molecule has 2 rings (SSSR count). The molecule has 4 heteroatoms. The predicted octanol–water partition coefficient (Wildman–Crippen LogP) is 3.57. The molecule has 0 unspecified atom stereocenters. The van der Waals surface area contributed by atoms with E-state index < -0.39 is 0 Å². The van der Waals surface area contributed by atoms with Gasteiger partial charge in [0.05, 0.1) is 19.9 Å². The van der Waals surface area contributed by atoms with E-state index in [-0.39, 0.29) is 0 Å². The number of nitrogens with zero attached hydrogens (tertiary/aromatic N) is 1. The maximum absolute atomic E-state index is 5.46. The van der Waals surface area contributed by atoms with Crippen LogP contribution in [0.1, 0.15) is 25.1 Å². The lowest BCUT2D eigenvalue weighted by molar-refractivity contribution is 0.395. The van der Waals surface area contributed by atoms with Gasteiger partial charge in [0, 0.05) is 29.9 Å². The quantitative estimate of drug-likeness (QED) is 0.885. The highest BCUT2D eigenvalue weighted by Gasteiger charge is 2.10. The van der Waals surface area contributed by atoms with Gasteiger partial charge in [-0.05, 0) is 30.7 Å². The van der Waals surface area contributed by atoms with Gasteiger partial charge in [-0.25, -0.2) is 0 Å². The summed E-state index contributed by atoms with van der Waals surface area (Å²) in [4.78, 5) is 4.72. The molecule has 0 saturated carbocycles. The first kappa shape index (κ1) is 16.3. The van der Waals surface area contributed by atoms with E-state index in [2.05, 4.69) is 25.2 Å². The fourth-order valence-corrected chi connectivity index (χ4v) is 2.25. The van der Waals surface area contributed by atoms with Gasteiger partial charge in [0.15, 0.2) is 0 Å². The summed E-state index contributed by atoms with van der Waals surface area (Å²) < 4.78 is 10.7. The van der Waals surface area contributed by atoms with Gasteiger partial charge >= 0.3 is 0 Å². The Labute approximate surface area is 132 Å². The monoisotopic (exact) mass is 300 g/mol. The third-order valence-electron chi connectivity index (χ3n) is 3.58. The number of hydrogen-bond donors (Lipinski definition) is 1. The number of nitrogens with one attached hydrogen (secondary N) is 1. The van der Waals surface area contributed by atoms with E-state index in [1.54, 1.807) is 14.2 Å². The van der Waals surface area contributed by atoms with Gasteiger partial charge in [-0.1, -0.05) is 19.9 Å². The van der Waals surface area contributed by atoms with Crippen LogP contribution >= 0.6 is 0 Å². The minimum Gasteiger partial charge on any atom is -0.497 e. The largest absolute Gasteiger partial charge is 0.497 e. The fraction of sp³-hybridized carbons (Fsp3) is 0.389. The number of aryl methyl sites for hydroxylation is 1. The molecule has 4 nitrogen and oxygen atoms in total. The highest BCUT2D eigenvalue weighted by atomic mass is 16.5. The summed E-state index contributed by atoms with van der Waals surface area (Å²) in [6.07, 6.45) is 0. The molecule has 0 saturated heterocycles.